The highest BCUT2D eigenvalue weighted by Gasteiger charge is 2.36. The number of nitriles is 1. The molecule has 1 saturated carbocycles. The van der Waals surface area contributed by atoms with Crippen molar-refractivity contribution in [2.45, 2.75) is 38.8 Å². The number of likely N-dealkylation sites (tertiary alicyclic amines) is 1. The second-order valence-corrected chi connectivity index (χ2v) is 6.90. The summed E-state index contributed by atoms with van der Waals surface area (Å²) < 4.78 is 0. The molecule has 23 heavy (non-hydrogen) atoms. The number of aromatic hydroxyl groups is 1. The number of carbonyl (C=O) groups excluding carboxylic acids is 1. The molecule has 1 aliphatic heterocycles. The maximum absolute atomic E-state index is 12.3. The number of hydrogen-bond donors (Lipinski definition) is 2. The Kier molecular flexibility index (Phi) is 4.53. The van der Waals surface area contributed by atoms with Crippen molar-refractivity contribution in [3.8, 4) is 11.8 Å². The van der Waals surface area contributed by atoms with Crippen LogP contribution in [0.2, 0.25) is 0 Å². The summed E-state index contributed by atoms with van der Waals surface area (Å²) in [6.07, 6.45) is 3.15. The molecule has 5 nitrogen and oxygen atoms in total. The number of nitrogens with zero attached hydrogens (tertiary/aromatic N) is 2. The molecule has 0 bridgehead atoms. The molecule has 0 spiro atoms. The van der Waals surface area contributed by atoms with Gasteiger partial charge in [0, 0.05) is 31.6 Å². The first-order chi connectivity index (χ1) is 11.1. The highest BCUT2D eigenvalue weighted by Crippen LogP contribution is 2.32. The van der Waals surface area contributed by atoms with Crippen molar-refractivity contribution >= 4 is 5.91 Å². The molecular formula is C18H23N3O2. The Morgan fingerprint density at radius 3 is 2.91 bits per heavy atom. The highest BCUT2D eigenvalue weighted by atomic mass is 16.3. The van der Waals surface area contributed by atoms with E-state index in [9.17, 15) is 9.90 Å². The number of phenols is 1. The average molecular weight is 313 g/mol. The summed E-state index contributed by atoms with van der Waals surface area (Å²) in [7, 11) is 0. The Morgan fingerprint density at radius 1 is 1.43 bits per heavy atom. The van der Waals surface area contributed by atoms with E-state index >= 15 is 0 Å². The van der Waals surface area contributed by atoms with Gasteiger partial charge in [-0.1, -0.05) is 13.0 Å². The van der Waals surface area contributed by atoms with Crippen molar-refractivity contribution in [1.29, 1.82) is 5.26 Å². The molecule has 2 fully saturated rings. The topological polar surface area (TPSA) is 76.4 Å². The Hall–Kier alpha value is -2.06. The van der Waals surface area contributed by atoms with E-state index in [-0.39, 0.29) is 17.7 Å². The molecule has 0 aromatic heterocycles. The van der Waals surface area contributed by atoms with Gasteiger partial charge in [0.05, 0.1) is 5.56 Å². The van der Waals surface area contributed by atoms with E-state index in [0.717, 1.165) is 37.9 Å². The van der Waals surface area contributed by atoms with Crippen LogP contribution in [0, 0.1) is 23.2 Å². The van der Waals surface area contributed by atoms with Crippen LogP contribution in [0.1, 0.15) is 37.3 Å². The summed E-state index contributed by atoms with van der Waals surface area (Å²) in [5.74, 6) is 1.11. The monoisotopic (exact) mass is 313 g/mol. The SMILES string of the molecule is C[C@@H]1C[C@H](NCc2ccc(O)c(C#N)c2)CN(C(=O)C2CC2)C1. The van der Waals surface area contributed by atoms with Gasteiger partial charge < -0.3 is 15.3 Å². The molecule has 1 aromatic rings. The van der Waals surface area contributed by atoms with Gasteiger partial charge in [0.1, 0.15) is 11.8 Å². The normalized spacial score (nSPS) is 24.3. The van der Waals surface area contributed by atoms with E-state index in [4.69, 9.17) is 5.26 Å². The van der Waals surface area contributed by atoms with E-state index in [2.05, 4.69) is 12.2 Å². The van der Waals surface area contributed by atoms with Gasteiger partial charge in [-0.25, -0.2) is 0 Å². The lowest BCUT2D eigenvalue weighted by Crippen LogP contribution is -2.51. The Morgan fingerprint density at radius 2 is 2.22 bits per heavy atom. The minimum atomic E-state index is 0.0174. The van der Waals surface area contributed by atoms with Crippen LogP contribution in [-0.4, -0.2) is 35.0 Å². The lowest BCUT2D eigenvalue weighted by Gasteiger charge is -2.37. The second kappa shape index (κ2) is 6.59. The van der Waals surface area contributed by atoms with Gasteiger partial charge in [-0.15, -0.1) is 0 Å². The summed E-state index contributed by atoms with van der Waals surface area (Å²) in [5.41, 5.74) is 1.27. The van der Waals surface area contributed by atoms with Gasteiger partial charge in [0.25, 0.3) is 0 Å². The molecule has 2 atom stereocenters. The predicted molar refractivity (Wildman–Crippen MR) is 86.5 cm³/mol. The van der Waals surface area contributed by atoms with Gasteiger partial charge in [-0.05, 0) is 42.9 Å². The third kappa shape index (κ3) is 3.83. The Bertz CT molecular complexity index is 634. The van der Waals surface area contributed by atoms with E-state index in [1.54, 1.807) is 12.1 Å². The largest absolute Gasteiger partial charge is 0.507 e. The van der Waals surface area contributed by atoms with Crippen LogP contribution in [0.15, 0.2) is 18.2 Å². The van der Waals surface area contributed by atoms with Crippen LogP contribution in [0.5, 0.6) is 5.75 Å². The van der Waals surface area contributed by atoms with Crippen molar-refractivity contribution in [2.75, 3.05) is 13.1 Å². The maximum Gasteiger partial charge on any atom is 0.225 e. The number of carbonyl (C=O) groups is 1. The first-order valence-corrected chi connectivity index (χ1v) is 8.31. The fourth-order valence-electron chi connectivity index (χ4n) is 3.31. The molecule has 5 heteroatoms. The zero-order valence-electron chi connectivity index (χ0n) is 13.5. The third-order valence-electron chi connectivity index (χ3n) is 4.67. The zero-order valence-corrected chi connectivity index (χ0v) is 13.5. The van der Waals surface area contributed by atoms with Gasteiger partial charge in [-0.2, -0.15) is 5.26 Å². The highest BCUT2D eigenvalue weighted by molar-refractivity contribution is 5.81. The minimum absolute atomic E-state index is 0.0174. The van der Waals surface area contributed by atoms with Gasteiger partial charge >= 0.3 is 0 Å². The number of amides is 1. The van der Waals surface area contributed by atoms with Crippen LogP contribution in [0.3, 0.4) is 0 Å². The summed E-state index contributed by atoms with van der Waals surface area (Å²) in [6, 6.07) is 7.36. The minimum Gasteiger partial charge on any atom is -0.507 e. The fraction of sp³-hybridized carbons (Fsp3) is 0.556. The smallest absolute Gasteiger partial charge is 0.225 e. The average Bonchev–Trinajstić information content (AvgIpc) is 3.37. The molecule has 1 saturated heterocycles. The fourth-order valence-corrected chi connectivity index (χ4v) is 3.31. The summed E-state index contributed by atoms with van der Waals surface area (Å²) in [4.78, 5) is 14.3. The first-order valence-electron chi connectivity index (χ1n) is 8.31. The van der Waals surface area contributed by atoms with Gasteiger partial charge in [0.15, 0.2) is 0 Å². The Labute approximate surface area is 136 Å². The zero-order chi connectivity index (χ0) is 16.4. The van der Waals surface area contributed by atoms with Gasteiger partial charge in [-0.3, -0.25) is 4.79 Å². The van der Waals surface area contributed by atoms with Crippen molar-refractivity contribution < 1.29 is 9.90 Å². The molecule has 1 heterocycles. The number of rotatable bonds is 4. The summed E-state index contributed by atoms with van der Waals surface area (Å²) in [5, 5.41) is 22.0. The lowest BCUT2D eigenvalue weighted by molar-refractivity contribution is -0.134. The van der Waals surface area contributed by atoms with E-state index in [1.807, 2.05) is 17.0 Å². The number of hydrogen-bond acceptors (Lipinski definition) is 4. The van der Waals surface area contributed by atoms with Crippen LogP contribution in [-0.2, 0) is 11.3 Å². The molecule has 2 N–H and O–H groups in total. The van der Waals surface area contributed by atoms with Crippen molar-refractivity contribution in [1.82, 2.24) is 10.2 Å². The van der Waals surface area contributed by atoms with Crippen LogP contribution < -0.4 is 5.32 Å². The second-order valence-electron chi connectivity index (χ2n) is 6.90. The van der Waals surface area contributed by atoms with Crippen LogP contribution in [0.4, 0.5) is 0 Å². The number of phenolic OH excluding ortho intramolecular Hbond substituents is 1. The van der Waals surface area contributed by atoms with Crippen molar-refractivity contribution in [2.24, 2.45) is 11.8 Å². The standard InChI is InChI=1S/C18H23N3O2/c1-12-6-16(11-21(10-12)18(23)14-3-4-14)20-9-13-2-5-17(22)15(7-13)8-19/h2,5,7,12,14,16,20,22H,3-4,6,9-11H2,1H3/t12-,16+/m1/s1. The quantitative estimate of drug-likeness (QED) is 0.891. The molecule has 3 rings (SSSR count). The molecule has 122 valence electrons. The number of piperidine rings is 1. The molecule has 1 aromatic carbocycles. The molecule has 1 aliphatic carbocycles. The Balaban J connectivity index is 1.58. The summed E-state index contributed by atoms with van der Waals surface area (Å²) in [6.45, 7) is 4.46. The molecule has 0 radical (unpaired) electrons. The molecule has 0 unspecified atom stereocenters. The van der Waals surface area contributed by atoms with Crippen LogP contribution >= 0.6 is 0 Å². The van der Waals surface area contributed by atoms with Gasteiger partial charge in [0.2, 0.25) is 5.91 Å². The van der Waals surface area contributed by atoms with Crippen molar-refractivity contribution in [3.05, 3.63) is 29.3 Å². The number of benzene rings is 1. The maximum atomic E-state index is 12.3. The first kappa shape index (κ1) is 15.8. The molecule has 2 aliphatic rings. The molecule has 1 amide bonds. The van der Waals surface area contributed by atoms with E-state index in [1.165, 1.54) is 0 Å². The van der Waals surface area contributed by atoms with E-state index in [0.29, 0.717) is 23.9 Å². The van der Waals surface area contributed by atoms with E-state index < -0.39 is 0 Å². The van der Waals surface area contributed by atoms with Crippen molar-refractivity contribution in [3.63, 3.8) is 0 Å². The third-order valence-corrected chi connectivity index (χ3v) is 4.67. The summed E-state index contributed by atoms with van der Waals surface area (Å²) >= 11 is 0. The lowest BCUT2D eigenvalue weighted by atomic mass is 9.95. The molecular weight excluding hydrogens is 290 g/mol. The predicted octanol–water partition coefficient (Wildman–Crippen LogP) is 2.00. The van der Waals surface area contributed by atoms with Crippen LogP contribution in [0.25, 0.3) is 0 Å². The number of nitrogens with one attached hydrogen (secondary N) is 1.